The molecule has 0 saturated heterocycles. The van der Waals surface area contributed by atoms with E-state index in [0.29, 0.717) is 4.88 Å². The Kier molecular flexibility index (Phi) is 2.40. The molecule has 0 fully saturated rings. The first-order valence-electron chi connectivity index (χ1n) is 2.77. The van der Waals surface area contributed by atoms with Crippen LogP contribution < -0.4 is 5.32 Å². The van der Waals surface area contributed by atoms with Crippen LogP contribution in [0.1, 0.15) is 4.88 Å². The lowest BCUT2D eigenvalue weighted by Gasteiger charge is -1.96. The summed E-state index contributed by atoms with van der Waals surface area (Å²) in [5.74, 6) is 0.213. The number of nitrogens with zero attached hydrogens (tertiary/aromatic N) is 1. The van der Waals surface area contributed by atoms with Gasteiger partial charge in [-0.3, -0.25) is 5.32 Å². The molecule has 3 N–H and O–H groups in total. The van der Waals surface area contributed by atoms with Crippen molar-refractivity contribution >= 4 is 23.2 Å². The zero-order valence-electron chi connectivity index (χ0n) is 5.44. The summed E-state index contributed by atoms with van der Waals surface area (Å²) in [6.45, 7) is -0.194. The fourth-order valence-corrected chi connectivity index (χ4v) is 1.16. The summed E-state index contributed by atoms with van der Waals surface area (Å²) < 4.78 is 0. The number of nitrogens with one attached hydrogen (secondary N) is 1. The van der Waals surface area contributed by atoms with Gasteiger partial charge in [0.15, 0.2) is 5.82 Å². The molecule has 0 saturated carbocycles. The fraction of sp³-hybridized carbons (Fsp3) is 0.200. The molecule has 1 aromatic heterocycles. The van der Waals surface area contributed by atoms with Crippen LogP contribution in [0.15, 0.2) is 5.51 Å². The lowest BCUT2D eigenvalue weighted by molar-refractivity contribution is 0.209. The Balaban J connectivity index is 2.76. The highest BCUT2D eigenvalue weighted by Crippen LogP contribution is 2.17. The lowest BCUT2D eigenvalue weighted by atomic mass is 10.5. The molecule has 0 spiro atoms. The molecule has 1 rings (SSSR count). The van der Waals surface area contributed by atoms with E-state index in [1.54, 1.807) is 0 Å². The number of carbonyl (C=O) groups is 1. The monoisotopic (exact) mass is 174 g/mol. The summed E-state index contributed by atoms with van der Waals surface area (Å²) in [6.07, 6.45) is -1.18. The van der Waals surface area contributed by atoms with E-state index in [-0.39, 0.29) is 12.4 Å². The van der Waals surface area contributed by atoms with Crippen LogP contribution in [0.4, 0.5) is 10.6 Å². The van der Waals surface area contributed by atoms with Crippen molar-refractivity contribution in [1.82, 2.24) is 4.98 Å². The number of aliphatic hydroxyl groups is 1. The molecule has 1 amide bonds. The van der Waals surface area contributed by atoms with Crippen molar-refractivity contribution in [3.05, 3.63) is 10.4 Å². The summed E-state index contributed by atoms with van der Waals surface area (Å²) in [5, 5.41) is 19.0. The average molecular weight is 174 g/mol. The number of anilines is 1. The Morgan fingerprint density at radius 3 is 3.09 bits per heavy atom. The van der Waals surface area contributed by atoms with Gasteiger partial charge >= 0.3 is 6.09 Å². The maximum absolute atomic E-state index is 10.1. The van der Waals surface area contributed by atoms with Crippen molar-refractivity contribution in [3.63, 3.8) is 0 Å². The van der Waals surface area contributed by atoms with Gasteiger partial charge in [-0.25, -0.2) is 9.78 Å². The molecule has 0 aliphatic heterocycles. The Hall–Kier alpha value is -1.14. The zero-order chi connectivity index (χ0) is 8.27. The molecule has 0 aliphatic carbocycles. The number of thiazole rings is 1. The Morgan fingerprint density at radius 1 is 1.82 bits per heavy atom. The van der Waals surface area contributed by atoms with Crippen LogP contribution >= 0.6 is 11.3 Å². The van der Waals surface area contributed by atoms with Gasteiger partial charge in [0, 0.05) is 0 Å². The van der Waals surface area contributed by atoms with E-state index in [1.807, 2.05) is 0 Å². The van der Waals surface area contributed by atoms with E-state index >= 15 is 0 Å². The molecule has 0 atom stereocenters. The van der Waals surface area contributed by atoms with Crippen molar-refractivity contribution in [1.29, 1.82) is 0 Å². The van der Waals surface area contributed by atoms with E-state index in [9.17, 15) is 4.79 Å². The van der Waals surface area contributed by atoms with E-state index in [0.717, 1.165) is 0 Å². The molecule has 0 radical (unpaired) electrons. The van der Waals surface area contributed by atoms with Gasteiger partial charge in [-0.15, -0.1) is 11.3 Å². The van der Waals surface area contributed by atoms with Gasteiger partial charge in [0.2, 0.25) is 0 Å². The highest BCUT2D eigenvalue weighted by Gasteiger charge is 2.06. The largest absolute Gasteiger partial charge is 0.465 e. The molecule has 1 aromatic rings. The average Bonchev–Trinajstić information content (AvgIpc) is 2.34. The molecule has 11 heavy (non-hydrogen) atoms. The van der Waals surface area contributed by atoms with Crippen molar-refractivity contribution in [2.75, 3.05) is 5.32 Å². The Labute approximate surface area is 66.3 Å². The first-order valence-corrected chi connectivity index (χ1v) is 3.65. The number of hydrogen-bond acceptors (Lipinski definition) is 4. The third-order valence-corrected chi connectivity index (χ3v) is 1.83. The van der Waals surface area contributed by atoms with Crippen molar-refractivity contribution in [3.8, 4) is 0 Å². The van der Waals surface area contributed by atoms with Crippen LogP contribution in [0, 0.1) is 0 Å². The molecule has 1 heterocycles. The maximum Gasteiger partial charge on any atom is 0.410 e. The number of carboxylic acid groups (broad SMARTS) is 1. The third kappa shape index (κ3) is 1.89. The second kappa shape index (κ2) is 3.31. The van der Waals surface area contributed by atoms with Crippen LogP contribution in [-0.2, 0) is 6.61 Å². The van der Waals surface area contributed by atoms with Gasteiger partial charge < -0.3 is 10.2 Å². The maximum atomic E-state index is 10.1. The second-order valence-electron chi connectivity index (χ2n) is 1.71. The van der Waals surface area contributed by atoms with Crippen LogP contribution in [-0.4, -0.2) is 21.3 Å². The SMILES string of the molecule is O=C(O)Nc1ncsc1CO. The quantitative estimate of drug-likeness (QED) is 0.617. The molecule has 0 unspecified atom stereocenters. The summed E-state index contributed by atoms with van der Waals surface area (Å²) in [4.78, 5) is 14.3. The number of aromatic nitrogens is 1. The van der Waals surface area contributed by atoms with Gasteiger partial charge in [-0.2, -0.15) is 0 Å². The normalized spacial score (nSPS) is 9.55. The van der Waals surface area contributed by atoms with E-state index in [4.69, 9.17) is 10.2 Å². The molecular formula is C5H6N2O3S. The molecule has 0 aromatic carbocycles. The minimum atomic E-state index is -1.18. The van der Waals surface area contributed by atoms with Crippen molar-refractivity contribution < 1.29 is 15.0 Å². The predicted octanol–water partition coefficient (Wildman–Crippen LogP) is 0.725. The van der Waals surface area contributed by atoms with E-state index in [1.165, 1.54) is 16.8 Å². The van der Waals surface area contributed by atoms with Crippen LogP contribution in [0.25, 0.3) is 0 Å². The van der Waals surface area contributed by atoms with Crippen molar-refractivity contribution in [2.24, 2.45) is 0 Å². The fourth-order valence-electron chi connectivity index (χ4n) is 0.586. The summed E-state index contributed by atoms with van der Waals surface area (Å²) >= 11 is 1.20. The molecular weight excluding hydrogens is 168 g/mol. The van der Waals surface area contributed by atoms with Gasteiger partial charge in [0.25, 0.3) is 0 Å². The molecule has 0 aliphatic rings. The predicted molar refractivity (Wildman–Crippen MR) is 39.7 cm³/mol. The van der Waals surface area contributed by atoms with Crippen molar-refractivity contribution in [2.45, 2.75) is 6.61 Å². The van der Waals surface area contributed by atoms with Crippen LogP contribution in [0.3, 0.4) is 0 Å². The van der Waals surface area contributed by atoms with Gasteiger partial charge in [0.05, 0.1) is 17.0 Å². The minimum absolute atomic E-state index is 0.194. The summed E-state index contributed by atoms with van der Waals surface area (Å²) in [7, 11) is 0. The molecule has 60 valence electrons. The van der Waals surface area contributed by atoms with E-state index < -0.39 is 6.09 Å². The summed E-state index contributed by atoms with van der Waals surface area (Å²) in [5.41, 5.74) is 1.47. The molecule has 5 nitrogen and oxygen atoms in total. The third-order valence-electron chi connectivity index (χ3n) is 1.01. The number of rotatable bonds is 2. The second-order valence-corrected chi connectivity index (χ2v) is 2.65. The van der Waals surface area contributed by atoms with Gasteiger partial charge in [-0.1, -0.05) is 0 Å². The van der Waals surface area contributed by atoms with Gasteiger partial charge in [-0.05, 0) is 0 Å². The van der Waals surface area contributed by atoms with Gasteiger partial charge in [0.1, 0.15) is 0 Å². The van der Waals surface area contributed by atoms with E-state index in [2.05, 4.69) is 10.3 Å². The van der Waals surface area contributed by atoms with Crippen LogP contribution in [0.2, 0.25) is 0 Å². The summed E-state index contributed by atoms with van der Waals surface area (Å²) in [6, 6.07) is 0. The number of aliphatic hydroxyl groups excluding tert-OH is 1. The molecule has 0 bridgehead atoms. The first-order chi connectivity index (χ1) is 5.24. The zero-order valence-corrected chi connectivity index (χ0v) is 6.26. The Bertz CT molecular complexity index is 260. The molecule has 6 heteroatoms. The highest BCUT2D eigenvalue weighted by atomic mass is 32.1. The number of amides is 1. The minimum Gasteiger partial charge on any atom is -0.465 e. The smallest absolute Gasteiger partial charge is 0.410 e. The topological polar surface area (TPSA) is 82.5 Å². The first kappa shape index (κ1) is 7.96. The lowest BCUT2D eigenvalue weighted by Crippen LogP contribution is -2.08. The highest BCUT2D eigenvalue weighted by molar-refractivity contribution is 7.10. The standard InChI is InChI=1S/C5H6N2O3S/c8-1-3-4(6-2-11-3)7-5(9)10/h2,7-8H,1H2,(H,9,10). The Morgan fingerprint density at radius 2 is 2.55 bits per heavy atom. The van der Waals surface area contributed by atoms with Crippen LogP contribution in [0.5, 0.6) is 0 Å². The number of hydrogen-bond donors (Lipinski definition) is 3.